The predicted molar refractivity (Wildman–Crippen MR) is 61.2 cm³/mol. The van der Waals surface area contributed by atoms with E-state index in [-0.39, 0.29) is 12.0 Å². The lowest BCUT2D eigenvalue weighted by Gasteiger charge is -2.38. The first-order valence-electron chi connectivity index (χ1n) is 6.30. The summed E-state index contributed by atoms with van der Waals surface area (Å²) in [6.07, 6.45) is 3.02. The molecule has 0 radical (unpaired) electrons. The number of hydrogen-bond donors (Lipinski definition) is 2. The minimum atomic E-state index is 0.0442. The largest absolute Gasteiger partial charge is 0.396 e. The van der Waals surface area contributed by atoms with E-state index in [1.54, 1.807) is 0 Å². The Morgan fingerprint density at radius 1 is 1.25 bits per heavy atom. The summed E-state index contributed by atoms with van der Waals surface area (Å²) in [4.78, 5) is 2.39. The molecule has 94 valence electrons. The number of ether oxygens (including phenoxy) is 1. The summed E-state index contributed by atoms with van der Waals surface area (Å²) < 4.78 is 5.36. The van der Waals surface area contributed by atoms with Crippen LogP contribution in [0.1, 0.15) is 19.3 Å². The minimum absolute atomic E-state index is 0.0442. The van der Waals surface area contributed by atoms with Crippen LogP contribution in [0.4, 0.5) is 0 Å². The fourth-order valence-corrected chi connectivity index (χ4v) is 2.85. The predicted octanol–water partition coefficient (Wildman–Crippen LogP) is 0.0897. The van der Waals surface area contributed by atoms with E-state index >= 15 is 0 Å². The van der Waals surface area contributed by atoms with Crippen LogP contribution in [-0.2, 0) is 4.74 Å². The molecule has 0 saturated carbocycles. The van der Waals surface area contributed by atoms with Gasteiger partial charge in [-0.25, -0.2) is 0 Å². The summed E-state index contributed by atoms with van der Waals surface area (Å²) in [6.45, 7) is 5.12. The molecule has 1 unspecified atom stereocenters. The zero-order valence-electron chi connectivity index (χ0n) is 9.90. The van der Waals surface area contributed by atoms with Crippen molar-refractivity contribution in [2.45, 2.75) is 19.3 Å². The summed E-state index contributed by atoms with van der Waals surface area (Å²) in [5.74, 6) is 0.440. The van der Waals surface area contributed by atoms with Gasteiger partial charge in [-0.3, -0.25) is 0 Å². The van der Waals surface area contributed by atoms with Crippen LogP contribution in [0.25, 0.3) is 0 Å². The van der Waals surface area contributed by atoms with Gasteiger partial charge in [0, 0.05) is 38.3 Å². The number of nitrogens with zero attached hydrogens (tertiary/aromatic N) is 1. The van der Waals surface area contributed by atoms with Crippen LogP contribution in [0.15, 0.2) is 0 Å². The van der Waals surface area contributed by atoms with Crippen molar-refractivity contribution in [1.82, 2.24) is 4.90 Å². The lowest BCUT2D eigenvalue weighted by atomic mass is 9.80. The van der Waals surface area contributed by atoms with Gasteiger partial charge in [-0.05, 0) is 31.7 Å². The molecule has 0 amide bonds. The second-order valence-corrected chi connectivity index (χ2v) is 5.34. The fourth-order valence-electron chi connectivity index (χ4n) is 2.85. The third-order valence-corrected chi connectivity index (χ3v) is 4.08. The Morgan fingerprint density at radius 3 is 2.56 bits per heavy atom. The highest BCUT2D eigenvalue weighted by Crippen LogP contribution is 2.32. The Bertz CT molecular complexity index is 216. The maximum Gasteiger partial charge on any atom is 0.0501 e. The summed E-state index contributed by atoms with van der Waals surface area (Å²) in [5, 5.41) is 18.7. The average Bonchev–Trinajstić information content (AvgIpc) is 2.78. The molecule has 2 aliphatic heterocycles. The van der Waals surface area contributed by atoms with E-state index < -0.39 is 0 Å². The van der Waals surface area contributed by atoms with Gasteiger partial charge in [0.25, 0.3) is 0 Å². The summed E-state index contributed by atoms with van der Waals surface area (Å²) in [6, 6.07) is 0. The van der Waals surface area contributed by atoms with Crippen molar-refractivity contribution >= 4 is 0 Å². The maximum atomic E-state index is 9.59. The Balaban J connectivity index is 1.86. The first-order valence-corrected chi connectivity index (χ1v) is 6.30. The molecule has 2 heterocycles. The van der Waals surface area contributed by atoms with E-state index in [0.29, 0.717) is 12.5 Å². The van der Waals surface area contributed by atoms with Crippen molar-refractivity contribution in [3.05, 3.63) is 0 Å². The molecule has 0 aliphatic carbocycles. The summed E-state index contributed by atoms with van der Waals surface area (Å²) >= 11 is 0. The summed E-state index contributed by atoms with van der Waals surface area (Å²) in [7, 11) is 0. The quantitative estimate of drug-likeness (QED) is 0.717. The van der Waals surface area contributed by atoms with Crippen molar-refractivity contribution in [3.63, 3.8) is 0 Å². The monoisotopic (exact) mass is 229 g/mol. The highest BCUT2D eigenvalue weighted by atomic mass is 16.5. The normalized spacial score (nSPS) is 30.8. The van der Waals surface area contributed by atoms with Crippen molar-refractivity contribution in [2.24, 2.45) is 11.3 Å². The highest BCUT2D eigenvalue weighted by Gasteiger charge is 2.35. The number of aliphatic hydroxyl groups excluding tert-OH is 2. The summed E-state index contributed by atoms with van der Waals surface area (Å²) in [5.41, 5.74) is 0.0442. The van der Waals surface area contributed by atoms with Gasteiger partial charge < -0.3 is 19.8 Å². The molecule has 4 heteroatoms. The standard InChI is InChI=1S/C12H23NO3/c14-8-11-1-4-13(7-11)9-12(10-15)2-5-16-6-3-12/h11,14-15H,1-10H2. The van der Waals surface area contributed by atoms with E-state index in [9.17, 15) is 5.11 Å². The van der Waals surface area contributed by atoms with Crippen LogP contribution in [0.2, 0.25) is 0 Å². The zero-order valence-corrected chi connectivity index (χ0v) is 9.90. The van der Waals surface area contributed by atoms with Crippen LogP contribution in [-0.4, -0.2) is 61.2 Å². The molecule has 0 aromatic carbocycles. The van der Waals surface area contributed by atoms with E-state index in [0.717, 1.165) is 52.1 Å². The third-order valence-electron chi connectivity index (χ3n) is 4.08. The average molecular weight is 229 g/mol. The van der Waals surface area contributed by atoms with Crippen LogP contribution >= 0.6 is 0 Å². The molecule has 0 bridgehead atoms. The van der Waals surface area contributed by atoms with E-state index in [1.807, 2.05) is 0 Å². The molecule has 2 rings (SSSR count). The molecule has 0 spiro atoms. The Labute approximate surface area is 97.2 Å². The van der Waals surface area contributed by atoms with Crippen LogP contribution in [0.3, 0.4) is 0 Å². The van der Waals surface area contributed by atoms with Gasteiger partial charge in [0.2, 0.25) is 0 Å². The van der Waals surface area contributed by atoms with Crippen molar-refractivity contribution in [2.75, 3.05) is 46.1 Å². The van der Waals surface area contributed by atoms with Gasteiger partial charge in [-0.1, -0.05) is 0 Å². The third kappa shape index (κ3) is 2.74. The molecule has 2 aliphatic rings. The Hall–Kier alpha value is -0.160. The fraction of sp³-hybridized carbons (Fsp3) is 1.00. The lowest BCUT2D eigenvalue weighted by molar-refractivity contribution is -0.0318. The van der Waals surface area contributed by atoms with Crippen LogP contribution in [0, 0.1) is 11.3 Å². The molecule has 2 fully saturated rings. The zero-order chi connectivity index (χ0) is 11.4. The molecule has 2 saturated heterocycles. The smallest absolute Gasteiger partial charge is 0.0501 e. The number of likely N-dealkylation sites (tertiary alicyclic amines) is 1. The van der Waals surface area contributed by atoms with Gasteiger partial charge in [0.1, 0.15) is 0 Å². The topological polar surface area (TPSA) is 52.9 Å². The highest BCUT2D eigenvalue weighted by molar-refractivity contribution is 4.87. The lowest BCUT2D eigenvalue weighted by Crippen LogP contribution is -2.43. The van der Waals surface area contributed by atoms with Gasteiger partial charge in [-0.2, -0.15) is 0 Å². The molecular formula is C12H23NO3. The van der Waals surface area contributed by atoms with Gasteiger partial charge in [-0.15, -0.1) is 0 Å². The van der Waals surface area contributed by atoms with Crippen molar-refractivity contribution < 1.29 is 14.9 Å². The maximum absolute atomic E-state index is 9.59. The molecule has 4 nitrogen and oxygen atoms in total. The minimum Gasteiger partial charge on any atom is -0.396 e. The van der Waals surface area contributed by atoms with E-state index in [1.165, 1.54) is 0 Å². The Kier molecular flexibility index (Phi) is 4.19. The Morgan fingerprint density at radius 2 is 2.00 bits per heavy atom. The molecule has 1 atom stereocenters. The van der Waals surface area contributed by atoms with Gasteiger partial charge in [0.15, 0.2) is 0 Å². The number of hydrogen-bond acceptors (Lipinski definition) is 4. The number of aliphatic hydroxyl groups is 2. The molecule has 16 heavy (non-hydrogen) atoms. The molecule has 0 aromatic heterocycles. The van der Waals surface area contributed by atoms with E-state index in [4.69, 9.17) is 9.84 Å². The second-order valence-electron chi connectivity index (χ2n) is 5.34. The first kappa shape index (κ1) is 12.3. The molecule has 2 N–H and O–H groups in total. The van der Waals surface area contributed by atoms with Crippen molar-refractivity contribution in [1.29, 1.82) is 0 Å². The second kappa shape index (κ2) is 5.45. The SMILES string of the molecule is OCC1CCN(CC2(CO)CCOCC2)C1. The van der Waals surface area contributed by atoms with Crippen LogP contribution in [0.5, 0.6) is 0 Å². The first-order chi connectivity index (χ1) is 7.78. The molecule has 0 aromatic rings. The van der Waals surface area contributed by atoms with Gasteiger partial charge in [0.05, 0.1) is 6.61 Å². The van der Waals surface area contributed by atoms with Crippen LogP contribution < -0.4 is 0 Å². The van der Waals surface area contributed by atoms with Gasteiger partial charge >= 0.3 is 0 Å². The van der Waals surface area contributed by atoms with Crippen molar-refractivity contribution in [3.8, 4) is 0 Å². The number of rotatable bonds is 4. The van der Waals surface area contributed by atoms with E-state index in [2.05, 4.69) is 4.90 Å². The molecular weight excluding hydrogens is 206 g/mol.